The van der Waals surface area contributed by atoms with Gasteiger partial charge < -0.3 is 15.2 Å². The third-order valence-corrected chi connectivity index (χ3v) is 3.36. The van der Waals surface area contributed by atoms with Gasteiger partial charge in [0.2, 0.25) is 0 Å². The van der Waals surface area contributed by atoms with Gasteiger partial charge in [0.1, 0.15) is 5.75 Å². The summed E-state index contributed by atoms with van der Waals surface area (Å²) in [5.41, 5.74) is 3.19. The Labute approximate surface area is 124 Å². The predicted molar refractivity (Wildman–Crippen MR) is 83.6 cm³/mol. The van der Waals surface area contributed by atoms with E-state index < -0.39 is 6.10 Å². The fraction of sp³-hybridized carbons (Fsp3) is 0.250. The van der Waals surface area contributed by atoms with E-state index in [0.717, 1.165) is 22.6 Å². The lowest BCUT2D eigenvalue weighted by atomic mass is 10.1. The lowest BCUT2D eigenvalue weighted by molar-refractivity contribution is 0.211. The maximum atomic E-state index is 9.40. The van der Waals surface area contributed by atoms with Gasteiger partial charge >= 0.3 is 0 Å². The fourth-order valence-corrected chi connectivity index (χ4v) is 1.98. The van der Waals surface area contributed by atoms with E-state index in [0.29, 0.717) is 6.54 Å². The topological polar surface area (TPSA) is 41.5 Å². The van der Waals surface area contributed by atoms with Crippen LogP contribution in [-0.2, 0) is 0 Å². The second-order valence-electron chi connectivity index (χ2n) is 4.50. The molecule has 0 amide bonds. The van der Waals surface area contributed by atoms with Gasteiger partial charge in [0.15, 0.2) is 0 Å². The second kappa shape index (κ2) is 7.17. The van der Waals surface area contributed by atoms with E-state index in [9.17, 15) is 5.11 Å². The van der Waals surface area contributed by atoms with E-state index >= 15 is 0 Å². The highest BCUT2D eigenvalue weighted by molar-refractivity contribution is 6.18. The first-order valence-corrected chi connectivity index (χ1v) is 6.99. The molecule has 0 fully saturated rings. The summed E-state index contributed by atoms with van der Waals surface area (Å²) < 4.78 is 5.22. The summed E-state index contributed by atoms with van der Waals surface area (Å²) in [6.45, 7) is 0.446. The minimum Gasteiger partial charge on any atom is -0.497 e. The Hall–Kier alpha value is -1.71. The maximum absolute atomic E-state index is 9.40. The highest BCUT2D eigenvalue weighted by Crippen LogP contribution is 2.24. The molecule has 0 aromatic heterocycles. The van der Waals surface area contributed by atoms with Crippen LogP contribution in [0, 0.1) is 0 Å². The number of hydrogen-bond acceptors (Lipinski definition) is 3. The molecule has 2 rings (SSSR count). The molecule has 2 N–H and O–H groups in total. The number of alkyl halides is 1. The molecule has 2 aromatic carbocycles. The Balaban J connectivity index is 2.07. The van der Waals surface area contributed by atoms with E-state index in [1.54, 1.807) is 7.11 Å². The van der Waals surface area contributed by atoms with Gasteiger partial charge in [0.05, 0.1) is 19.1 Å². The molecule has 2 aromatic rings. The molecule has 3 nitrogen and oxygen atoms in total. The van der Waals surface area contributed by atoms with Crippen molar-refractivity contribution in [2.45, 2.75) is 6.10 Å². The molecule has 106 valence electrons. The Morgan fingerprint density at radius 2 is 1.90 bits per heavy atom. The molecule has 0 heterocycles. The number of rotatable bonds is 6. The number of ether oxygens (including phenoxy) is 1. The summed E-state index contributed by atoms with van der Waals surface area (Å²) in [6, 6.07) is 16.0. The first-order valence-electron chi connectivity index (χ1n) is 6.45. The van der Waals surface area contributed by atoms with Crippen LogP contribution in [-0.4, -0.2) is 30.7 Å². The quantitative estimate of drug-likeness (QED) is 0.802. The van der Waals surface area contributed by atoms with E-state index in [2.05, 4.69) is 5.32 Å². The largest absolute Gasteiger partial charge is 0.497 e. The number of aliphatic hydroxyl groups is 1. The van der Waals surface area contributed by atoms with E-state index in [1.165, 1.54) is 0 Å². The standard InChI is InChI=1S/C16H18ClNO2/c1-20-16-4-2-3-13(9-16)12-5-7-14(8-6-12)18-11-15(19)10-17/h2-9,15,18-19H,10-11H2,1H3. The van der Waals surface area contributed by atoms with Crippen molar-refractivity contribution < 1.29 is 9.84 Å². The lowest BCUT2D eigenvalue weighted by Crippen LogP contribution is -2.20. The van der Waals surface area contributed by atoms with Crippen molar-refractivity contribution in [3.63, 3.8) is 0 Å². The SMILES string of the molecule is COc1cccc(-c2ccc(NCC(O)CCl)cc2)c1. The molecule has 0 spiro atoms. The van der Waals surface area contributed by atoms with Crippen LogP contribution in [0.15, 0.2) is 48.5 Å². The van der Waals surface area contributed by atoms with Crippen LogP contribution in [0.5, 0.6) is 5.75 Å². The average Bonchev–Trinajstić information content (AvgIpc) is 2.53. The molecule has 0 saturated heterocycles. The van der Waals surface area contributed by atoms with Crippen LogP contribution in [0.3, 0.4) is 0 Å². The van der Waals surface area contributed by atoms with Crippen molar-refractivity contribution in [3.8, 4) is 16.9 Å². The first kappa shape index (κ1) is 14.7. The van der Waals surface area contributed by atoms with Crippen molar-refractivity contribution in [2.75, 3.05) is 24.9 Å². The fourth-order valence-electron chi connectivity index (χ4n) is 1.87. The summed E-state index contributed by atoms with van der Waals surface area (Å²) in [4.78, 5) is 0. The Kier molecular flexibility index (Phi) is 5.27. The second-order valence-corrected chi connectivity index (χ2v) is 4.81. The summed E-state index contributed by atoms with van der Waals surface area (Å²) in [5, 5.41) is 12.5. The van der Waals surface area contributed by atoms with Gasteiger partial charge in [-0.2, -0.15) is 0 Å². The number of methoxy groups -OCH3 is 1. The van der Waals surface area contributed by atoms with Gasteiger partial charge in [-0.1, -0.05) is 24.3 Å². The van der Waals surface area contributed by atoms with Crippen LogP contribution in [0.4, 0.5) is 5.69 Å². The molecule has 0 bridgehead atoms. The third-order valence-electron chi connectivity index (χ3n) is 3.01. The molecule has 0 radical (unpaired) electrons. The monoisotopic (exact) mass is 291 g/mol. The van der Waals surface area contributed by atoms with Crippen LogP contribution < -0.4 is 10.1 Å². The zero-order chi connectivity index (χ0) is 14.4. The molecule has 20 heavy (non-hydrogen) atoms. The van der Waals surface area contributed by atoms with Crippen LogP contribution in [0.2, 0.25) is 0 Å². The zero-order valence-electron chi connectivity index (χ0n) is 11.3. The number of benzene rings is 2. The Morgan fingerprint density at radius 3 is 2.55 bits per heavy atom. The smallest absolute Gasteiger partial charge is 0.119 e. The predicted octanol–water partition coefficient (Wildman–Crippen LogP) is 3.37. The molecule has 0 aliphatic rings. The molecule has 0 aliphatic carbocycles. The van der Waals surface area contributed by atoms with Crippen LogP contribution in [0.1, 0.15) is 0 Å². The van der Waals surface area contributed by atoms with Gasteiger partial charge in [-0.15, -0.1) is 11.6 Å². The number of halogens is 1. The molecule has 1 unspecified atom stereocenters. The van der Waals surface area contributed by atoms with Crippen molar-refractivity contribution in [1.82, 2.24) is 0 Å². The summed E-state index contributed by atoms with van der Waals surface area (Å²) in [5.74, 6) is 1.07. The van der Waals surface area contributed by atoms with Gasteiger partial charge in [-0.25, -0.2) is 0 Å². The van der Waals surface area contributed by atoms with Crippen molar-refractivity contribution in [1.29, 1.82) is 0 Å². The Bertz CT molecular complexity index is 542. The Morgan fingerprint density at radius 1 is 1.15 bits per heavy atom. The van der Waals surface area contributed by atoms with E-state index in [4.69, 9.17) is 16.3 Å². The number of hydrogen-bond donors (Lipinski definition) is 2. The van der Waals surface area contributed by atoms with Crippen LogP contribution in [0.25, 0.3) is 11.1 Å². The molecule has 4 heteroatoms. The minimum atomic E-state index is -0.533. The van der Waals surface area contributed by atoms with E-state index in [-0.39, 0.29) is 5.88 Å². The molecule has 0 saturated carbocycles. The van der Waals surface area contributed by atoms with Crippen molar-refractivity contribution in [3.05, 3.63) is 48.5 Å². The average molecular weight is 292 g/mol. The maximum Gasteiger partial charge on any atom is 0.119 e. The summed E-state index contributed by atoms with van der Waals surface area (Å²) in [7, 11) is 1.66. The molecular weight excluding hydrogens is 274 g/mol. The third kappa shape index (κ3) is 3.89. The van der Waals surface area contributed by atoms with Gasteiger partial charge in [-0.3, -0.25) is 0 Å². The first-order chi connectivity index (χ1) is 9.72. The molecule has 0 aliphatic heterocycles. The molecule has 1 atom stereocenters. The normalized spacial score (nSPS) is 11.9. The van der Waals surface area contributed by atoms with Crippen molar-refractivity contribution >= 4 is 17.3 Å². The molecular formula is C16H18ClNO2. The lowest BCUT2D eigenvalue weighted by Gasteiger charge is -2.11. The van der Waals surface area contributed by atoms with Crippen molar-refractivity contribution in [2.24, 2.45) is 0 Å². The van der Waals surface area contributed by atoms with Gasteiger partial charge in [-0.05, 0) is 35.4 Å². The van der Waals surface area contributed by atoms with Gasteiger partial charge in [0, 0.05) is 12.2 Å². The summed E-state index contributed by atoms with van der Waals surface area (Å²) in [6.07, 6.45) is -0.533. The minimum absolute atomic E-state index is 0.231. The highest BCUT2D eigenvalue weighted by atomic mass is 35.5. The zero-order valence-corrected chi connectivity index (χ0v) is 12.1. The summed E-state index contributed by atoms with van der Waals surface area (Å²) >= 11 is 5.55. The highest BCUT2D eigenvalue weighted by Gasteiger charge is 2.02. The number of aliphatic hydroxyl groups excluding tert-OH is 1. The number of nitrogens with one attached hydrogen (secondary N) is 1. The van der Waals surface area contributed by atoms with E-state index in [1.807, 2.05) is 48.5 Å². The van der Waals surface area contributed by atoms with Gasteiger partial charge in [0.25, 0.3) is 0 Å². The van der Waals surface area contributed by atoms with Crippen LogP contribution >= 0.6 is 11.6 Å². The number of anilines is 1.